The maximum atomic E-state index is 12.7. The lowest BCUT2D eigenvalue weighted by atomic mass is 10.1. The van der Waals surface area contributed by atoms with Crippen molar-refractivity contribution in [2.75, 3.05) is 49.0 Å². The van der Waals surface area contributed by atoms with E-state index in [1.54, 1.807) is 43.5 Å². The number of rotatable bonds is 6. The van der Waals surface area contributed by atoms with Crippen LogP contribution in [0.25, 0.3) is 0 Å². The molecule has 0 spiro atoms. The number of aromatic nitrogens is 1. The Balaban J connectivity index is 1.40. The molecule has 4 rings (SSSR count). The van der Waals surface area contributed by atoms with E-state index in [0.29, 0.717) is 29.5 Å². The molecule has 30 heavy (non-hydrogen) atoms. The summed E-state index contributed by atoms with van der Waals surface area (Å²) < 4.78 is 10.6. The summed E-state index contributed by atoms with van der Waals surface area (Å²) in [6, 6.07) is 9.08. The molecule has 1 aromatic heterocycles. The summed E-state index contributed by atoms with van der Waals surface area (Å²) in [6.07, 6.45) is 4.35. The van der Waals surface area contributed by atoms with Crippen LogP contribution in [0.3, 0.4) is 0 Å². The van der Waals surface area contributed by atoms with Gasteiger partial charge in [0.05, 0.1) is 32.0 Å². The van der Waals surface area contributed by atoms with Crippen molar-refractivity contribution in [2.24, 2.45) is 5.92 Å². The number of pyridine rings is 1. The quantitative estimate of drug-likeness (QED) is 0.788. The van der Waals surface area contributed by atoms with E-state index in [1.165, 1.54) is 12.8 Å². The molecule has 1 atom stereocenters. The number of anilines is 3. The lowest BCUT2D eigenvalue weighted by Crippen LogP contribution is -2.28. The van der Waals surface area contributed by atoms with Crippen molar-refractivity contribution in [1.82, 2.24) is 4.98 Å². The zero-order valence-electron chi connectivity index (χ0n) is 17.3. The lowest BCUT2D eigenvalue weighted by Gasteiger charge is -2.19. The standard InChI is InChI=1S/C22H26N4O4/c1-29-18-7-5-16(12-19(18)30-2)26-14-15(11-21(26)27)22(28)24-20-8-6-17(13-23-20)25-9-3-4-10-25/h5-8,12-13,15H,3-4,9-11,14H2,1-2H3,(H,23,24,28). The van der Waals surface area contributed by atoms with Crippen molar-refractivity contribution < 1.29 is 19.1 Å². The molecule has 2 aromatic rings. The molecule has 2 aliphatic rings. The van der Waals surface area contributed by atoms with E-state index in [4.69, 9.17) is 9.47 Å². The van der Waals surface area contributed by atoms with E-state index >= 15 is 0 Å². The van der Waals surface area contributed by atoms with Crippen LogP contribution >= 0.6 is 0 Å². The third-order valence-corrected chi connectivity index (χ3v) is 5.64. The van der Waals surface area contributed by atoms with Crippen LogP contribution in [-0.2, 0) is 9.59 Å². The number of hydrogen-bond donors (Lipinski definition) is 1. The van der Waals surface area contributed by atoms with Gasteiger partial charge in [0.1, 0.15) is 5.82 Å². The molecular weight excluding hydrogens is 384 g/mol. The van der Waals surface area contributed by atoms with Crippen molar-refractivity contribution in [1.29, 1.82) is 0 Å². The first-order valence-corrected chi connectivity index (χ1v) is 10.1. The molecule has 0 saturated carbocycles. The van der Waals surface area contributed by atoms with E-state index in [0.717, 1.165) is 18.8 Å². The predicted octanol–water partition coefficient (Wildman–Crippen LogP) is 2.69. The molecule has 2 amide bonds. The average molecular weight is 410 g/mol. The van der Waals surface area contributed by atoms with Gasteiger partial charge in [-0.25, -0.2) is 4.98 Å². The fraction of sp³-hybridized carbons (Fsp3) is 0.409. The van der Waals surface area contributed by atoms with Gasteiger partial charge in [-0.2, -0.15) is 0 Å². The number of amides is 2. The molecule has 158 valence electrons. The van der Waals surface area contributed by atoms with E-state index in [2.05, 4.69) is 15.2 Å². The minimum absolute atomic E-state index is 0.0975. The number of nitrogens with one attached hydrogen (secondary N) is 1. The van der Waals surface area contributed by atoms with Gasteiger partial charge in [0, 0.05) is 37.8 Å². The predicted molar refractivity (Wildman–Crippen MR) is 114 cm³/mol. The number of carbonyl (C=O) groups excluding carboxylic acids is 2. The van der Waals surface area contributed by atoms with Gasteiger partial charge in [0.2, 0.25) is 11.8 Å². The summed E-state index contributed by atoms with van der Waals surface area (Å²) in [6.45, 7) is 2.40. The molecule has 0 aliphatic carbocycles. The van der Waals surface area contributed by atoms with Crippen LogP contribution in [0, 0.1) is 5.92 Å². The van der Waals surface area contributed by atoms with Crippen LogP contribution < -0.4 is 24.6 Å². The molecule has 2 aliphatic heterocycles. The number of hydrogen-bond acceptors (Lipinski definition) is 6. The van der Waals surface area contributed by atoms with Gasteiger partial charge in [-0.1, -0.05) is 0 Å². The van der Waals surface area contributed by atoms with Crippen LogP contribution in [0.4, 0.5) is 17.2 Å². The van der Waals surface area contributed by atoms with Gasteiger partial charge in [-0.05, 0) is 37.1 Å². The molecule has 1 unspecified atom stereocenters. The highest BCUT2D eigenvalue weighted by Crippen LogP contribution is 2.34. The van der Waals surface area contributed by atoms with Crippen LogP contribution in [-0.4, -0.2) is 50.7 Å². The molecule has 1 aromatic carbocycles. The van der Waals surface area contributed by atoms with E-state index in [9.17, 15) is 9.59 Å². The normalized spacial score (nSPS) is 18.6. The smallest absolute Gasteiger partial charge is 0.230 e. The number of methoxy groups -OCH3 is 2. The SMILES string of the molecule is COc1ccc(N2CC(C(=O)Nc3ccc(N4CCCC4)cn3)CC2=O)cc1OC. The van der Waals surface area contributed by atoms with E-state index in [1.807, 2.05) is 12.1 Å². The summed E-state index contributed by atoms with van der Waals surface area (Å²) in [5, 5.41) is 2.84. The number of carbonyl (C=O) groups is 2. The highest BCUT2D eigenvalue weighted by molar-refractivity contribution is 6.03. The minimum atomic E-state index is -0.439. The highest BCUT2D eigenvalue weighted by Gasteiger charge is 2.35. The lowest BCUT2D eigenvalue weighted by molar-refractivity contribution is -0.122. The number of benzene rings is 1. The summed E-state index contributed by atoms with van der Waals surface area (Å²) >= 11 is 0. The number of ether oxygens (including phenoxy) is 2. The van der Waals surface area contributed by atoms with Crippen LogP contribution in [0.5, 0.6) is 11.5 Å². The first kappa shape index (κ1) is 20.0. The van der Waals surface area contributed by atoms with E-state index in [-0.39, 0.29) is 18.2 Å². The molecule has 0 radical (unpaired) electrons. The third-order valence-electron chi connectivity index (χ3n) is 5.64. The first-order valence-electron chi connectivity index (χ1n) is 10.1. The molecule has 1 N–H and O–H groups in total. The van der Waals surface area contributed by atoms with Crippen molar-refractivity contribution in [3.05, 3.63) is 36.5 Å². The molecule has 3 heterocycles. The Morgan fingerprint density at radius 3 is 2.47 bits per heavy atom. The molecular formula is C22H26N4O4. The van der Waals surface area contributed by atoms with Crippen molar-refractivity contribution in [2.45, 2.75) is 19.3 Å². The van der Waals surface area contributed by atoms with Crippen LogP contribution in [0.2, 0.25) is 0 Å². The Bertz CT molecular complexity index is 925. The van der Waals surface area contributed by atoms with Gasteiger partial charge in [-0.3, -0.25) is 9.59 Å². The summed E-state index contributed by atoms with van der Waals surface area (Å²) in [5.41, 5.74) is 1.75. The maximum Gasteiger partial charge on any atom is 0.230 e. The van der Waals surface area contributed by atoms with Crippen molar-refractivity contribution in [3.8, 4) is 11.5 Å². The van der Waals surface area contributed by atoms with Crippen molar-refractivity contribution >= 4 is 29.0 Å². The molecule has 8 nitrogen and oxygen atoms in total. The average Bonchev–Trinajstić information content (AvgIpc) is 3.44. The van der Waals surface area contributed by atoms with Gasteiger partial charge >= 0.3 is 0 Å². The van der Waals surface area contributed by atoms with Crippen molar-refractivity contribution in [3.63, 3.8) is 0 Å². The van der Waals surface area contributed by atoms with Gasteiger partial charge < -0.3 is 24.6 Å². The Kier molecular flexibility index (Phi) is 5.74. The van der Waals surface area contributed by atoms with Gasteiger partial charge in [-0.15, -0.1) is 0 Å². The molecule has 8 heteroatoms. The molecule has 0 bridgehead atoms. The Labute approximate surface area is 175 Å². The topological polar surface area (TPSA) is 84.0 Å². The second kappa shape index (κ2) is 8.61. The zero-order chi connectivity index (χ0) is 21.1. The Morgan fingerprint density at radius 1 is 1.07 bits per heavy atom. The van der Waals surface area contributed by atoms with Crippen LogP contribution in [0.1, 0.15) is 19.3 Å². The largest absolute Gasteiger partial charge is 0.493 e. The number of nitrogens with zero attached hydrogens (tertiary/aromatic N) is 3. The minimum Gasteiger partial charge on any atom is -0.493 e. The fourth-order valence-corrected chi connectivity index (χ4v) is 3.98. The fourth-order valence-electron chi connectivity index (χ4n) is 3.98. The molecule has 2 fully saturated rings. The zero-order valence-corrected chi connectivity index (χ0v) is 17.3. The molecule has 2 saturated heterocycles. The van der Waals surface area contributed by atoms with Crippen LogP contribution in [0.15, 0.2) is 36.5 Å². The second-order valence-electron chi connectivity index (χ2n) is 7.53. The van der Waals surface area contributed by atoms with Gasteiger partial charge in [0.15, 0.2) is 11.5 Å². The van der Waals surface area contributed by atoms with Gasteiger partial charge in [0.25, 0.3) is 0 Å². The Hall–Kier alpha value is -3.29. The first-order chi connectivity index (χ1) is 14.6. The van der Waals surface area contributed by atoms with E-state index < -0.39 is 5.92 Å². The monoisotopic (exact) mass is 410 g/mol. The highest BCUT2D eigenvalue weighted by atomic mass is 16.5. The second-order valence-corrected chi connectivity index (χ2v) is 7.53. The summed E-state index contributed by atoms with van der Waals surface area (Å²) in [7, 11) is 3.11. The Morgan fingerprint density at radius 2 is 1.80 bits per heavy atom. The summed E-state index contributed by atoms with van der Waals surface area (Å²) in [5.74, 6) is 0.890. The summed E-state index contributed by atoms with van der Waals surface area (Å²) in [4.78, 5) is 33.5. The maximum absolute atomic E-state index is 12.7. The third kappa shape index (κ3) is 4.03.